The van der Waals surface area contributed by atoms with Crippen molar-refractivity contribution in [2.24, 2.45) is 0 Å². The molecule has 2 aromatic carbocycles. The molecule has 0 aliphatic heterocycles. The van der Waals surface area contributed by atoms with E-state index in [9.17, 15) is 14.0 Å². The minimum atomic E-state index is -0.602. The van der Waals surface area contributed by atoms with Gasteiger partial charge in [-0.25, -0.2) is 4.39 Å². The molecule has 7 heteroatoms. The molecule has 0 aromatic heterocycles. The minimum absolute atomic E-state index is 0.0611. The Morgan fingerprint density at radius 2 is 1.84 bits per heavy atom. The Morgan fingerprint density at radius 1 is 1.16 bits per heavy atom. The van der Waals surface area contributed by atoms with Gasteiger partial charge in [-0.05, 0) is 44.2 Å². The van der Waals surface area contributed by atoms with E-state index in [2.05, 4.69) is 10.6 Å². The monoisotopic (exact) mass is 380 g/mol. The topological polar surface area (TPSA) is 58.2 Å². The highest BCUT2D eigenvalue weighted by Crippen LogP contribution is 2.20. The fourth-order valence-electron chi connectivity index (χ4n) is 1.94. The van der Waals surface area contributed by atoms with Gasteiger partial charge in [0.05, 0.1) is 16.7 Å². The smallest absolute Gasteiger partial charge is 0.237 e. The first kappa shape index (κ1) is 19.3. The highest BCUT2D eigenvalue weighted by atomic mass is 35.5. The number of carbonyl (C=O) groups excluding carboxylic acids is 2. The molecule has 0 aliphatic rings. The normalized spacial score (nSPS) is 11.7. The Hall–Kier alpha value is -2.05. The number of amides is 2. The number of thioether (sulfide) groups is 1. The average molecular weight is 381 g/mol. The Bertz CT molecular complexity index is 768. The molecule has 2 amide bonds. The summed E-state index contributed by atoms with van der Waals surface area (Å²) in [7, 11) is 0. The predicted octanol–water partition coefficient (Wildman–Crippen LogP) is 4.49. The minimum Gasteiger partial charge on any atom is -0.325 e. The Morgan fingerprint density at radius 3 is 2.48 bits per heavy atom. The molecule has 132 valence electrons. The number of hydrogen-bond acceptors (Lipinski definition) is 3. The second kappa shape index (κ2) is 8.87. The Labute approximate surface area is 155 Å². The third-order valence-electron chi connectivity index (χ3n) is 3.36. The van der Waals surface area contributed by atoms with Crippen molar-refractivity contribution in [1.29, 1.82) is 0 Å². The van der Waals surface area contributed by atoms with Crippen LogP contribution in [-0.4, -0.2) is 22.8 Å². The van der Waals surface area contributed by atoms with Crippen LogP contribution in [0.2, 0.25) is 5.02 Å². The lowest BCUT2D eigenvalue weighted by molar-refractivity contribution is -0.115. The van der Waals surface area contributed by atoms with Crippen LogP contribution in [-0.2, 0) is 9.59 Å². The molecule has 0 radical (unpaired) electrons. The molecule has 2 rings (SSSR count). The lowest BCUT2D eigenvalue weighted by atomic mass is 10.2. The maximum atomic E-state index is 13.7. The van der Waals surface area contributed by atoms with Gasteiger partial charge in [0, 0.05) is 10.7 Å². The number of nitrogens with one attached hydrogen (secondary N) is 2. The van der Waals surface area contributed by atoms with E-state index in [-0.39, 0.29) is 28.3 Å². The van der Waals surface area contributed by atoms with Gasteiger partial charge in [0.1, 0.15) is 5.82 Å². The number of hydrogen-bond donors (Lipinski definition) is 2. The summed E-state index contributed by atoms with van der Waals surface area (Å²) in [6, 6.07) is 11.5. The molecule has 0 spiro atoms. The molecular formula is C18H18ClFN2O2S. The van der Waals surface area contributed by atoms with Crippen LogP contribution in [0, 0.1) is 12.7 Å². The van der Waals surface area contributed by atoms with Crippen LogP contribution < -0.4 is 10.6 Å². The average Bonchev–Trinajstić information content (AvgIpc) is 2.57. The second-order valence-corrected chi connectivity index (χ2v) is 7.25. The number of rotatable bonds is 6. The quantitative estimate of drug-likeness (QED) is 0.776. The van der Waals surface area contributed by atoms with E-state index in [1.54, 1.807) is 6.92 Å². The summed E-state index contributed by atoms with van der Waals surface area (Å²) in [6.45, 7) is 3.62. The van der Waals surface area contributed by atoms with E-state index in [4.69, 9.17) is 11.6 Å². The van der Waals surface area contributed by atoms with Crippen molar-refractivity contribution in [2.75, 3.05) is 16.4 Å². The molecule has 0 saturated heterocycles. The SMILES string of the molecule is Cc1ccc(NC(=O)CSC(C)C(=O)Nc2ccc(Cl)cc2F)cc1. The van der Waals surface area contributed by atoms with Gasteiger partial charge in [0.15, 0.2) is 0 Å². The highest BCUT2D eigenvalue weighted by molar-refractivity contribution is 8.01. The number of aryl methyl sites for hydroxylation is 1. The maximum absolute atomic E-state index is 13.7. The van der Waals surface area contributed by atoms with Gasteiger partial charge in [-0.2, -0.15) is 0 Å². The summed E-state index contributed by atoms with van der Waals surface area (Å²) in [5, 5.41) is 4.99. The van der Waals surface area contributed by atoms with Gasteiger partial charge in [-0.1, -0.05) is 29.3 Å². The number of halogens is 2. The lowest BCUT2D eigenvalue weighted by Crippen LogP contribution is -2.25. The van der Waals surface area contributed by atoms with Crippen LogP contribution in [0.15, 0.2) is 42.5 Å². The van der Waals surface area contributed by atoms with E-state index in [0.717, 1.165) is 11.6 Å². The van der Waals surface area contributed by atoms with Crippen LogP contribution >= 0.6 is 23.4 Å². The standard InChI is InChI=1S/C18H18ClFN2O2S/c1-11-3-6-14(7-4-11)21-17(23)10-25-12(2)18(24)22-16-8-5-13(19)9-15(16)20/h3-9,12H,10H2,1-2H3,(H,21,23)(H,22,24). The largest absolute Gasteiger partial charge is 0.325 e. The van der Waals surface area contributed by atoms with E-state index in [0.29, 0.717) is 5.69 Å². The predicted molar refractivity (Wildman–Crippen MR) is 102 cm³/mol. The first-order chi connectivity index (χ1) is 11.8. The molecule has 2 N–H and O–H groups in total. The van der Waals surface area contributed by atoms with Crippen LogP contribution in [0.25, 0.3) is 0 Å². The molecule has 2 aromatic rings. The van der Waals surface area contributed by atoms with Crippen LogP contribution in [0.1, 0.15) is 12.5 Å². The second-order valence-electron chi connectivity index (χ2n) is 5.48. The van der Waals surface area contributed by atoms with Gasteiger partial charge >= 0.3 is 0 Å². The summed E-state index contributed by atoms with van der Waals surface area (Å²) in [5.74, 6) is -1.07. The fourth-order valence-corrected chi connectivity index (χ4v) is 2.78. The van der Waals surface area contributed by atoms with Gasteiger partial charge in [0.2, 0.25) is 11.8 Å². The number of anilines is 2. The summed E-state index contributed by atoms with van der Waals surface area (Å²) >= 11 is 6.85. The zero-order valence-corrected chi connectivity index (χ0v) is 15.4. The van der Waals surface area contributed by atoms with Crippen LogP contribution in [0.5, 0.6) is 0 Å². The van der Waals surface area contributed by atoms with E-state index in [1.807, 2.05) is 31.2 Å². The van der Waals surface area contributed by atoms with Crippen molar-refractivity contribution in [3.05, 3.63) is 58.9 Å². The van der Waals surface area contributed by atoms with Gasteiger partial charge < -0.3 is 10.6 Å². The summed E-state index contributed by atoms with van der Waals surface area (Å²) in [6.07, 6.45) is 0. The molecule has 1 atom stereocenters. The lowest BCUT2D eigenvalue weighted by Gasteiger charge is -2.13. The van der Waals surface area contributed by atoms with E-state index < -0.39 is 11.1 Å². The molecular weight excluding hydrogens is 363 g/mol. The van der Waals surface area contributed by atoms with E-state index >= 15 is 0 Å². The molecule has 0 fully saturated rings. The molecule has 1 unspecified atom stereocenters. The summed E-state index contributed by atoms with van der Waals surface area (Å²) in [5.41, 5.74) is 1.87. The number of benzene rings is 2. The first-order valence-corrected chi connectivity index (χ1v) is 9.02. The van der Waals surface area contributed by atoms with Crippen molar-refractivity contribution in [3.63, 3.8) is 0 Å². The van der Waals surface area contributed by atoms with Crippen molar-refractivity contribution in [1.82, 2.24) is 0 Å². The zero-order valence-electron chi connectivity index (χ0n) is 13.8. The van der Waals surface area contributed by atoms with Crippen molar-refractivity contribution >= 4 is 46.6 Å². The van der Waals surface area contributed by atoms with Gasteiger partial charge in [-0.15, -0.1) is 11.8 Å². The van der Waals surface area contributed by atoms with Crippen molar-refractivity contribution < 1.29 is 14.0 Å². The third-order valence-corrected chi connectivity index (χ3v) is 4.74. The maximum Gasteiger partial charge on any atom is 0.237 e. The van der Waals surface area contributed by atoms with Crippen LogP contribution in [0.3, 0.4) is 0 Å². The Balaban J connectivity index is 1.82. The van der Waals surface area contributed by atoms with E-state index in [1.165, 1.54) is 23.9 Å². The molecule has 4 nitrogen and oxygen atoms in total. The molecule has 0 bridgehead atoms. The molecule has 0 aliphatic carbocycles. The fraction of sp³-hybridized carbons (Fsp3) is 0.222. The summed E-state index contributed by atoms with van der Waals surface area (Å²) < 4.78 is 13.7. The number of carbonyl (C=O) groups is 2. The highest BCUT2D eigenvalue weighted by Gasteiger charge is 2.17. The van der Waals surface area contributed by atoms with Gasteiger partial charge in [0.25, 0.3) is 0 Å². The Kier molecular flexibility index (Phi) is 6.84. The van der Waals surface area contributed by atoms with Crippen LogP contribution in [0.4, 0.5) is 15.8 Å². The zero-order chi connectivity index (χ0) is 18.4. The first-order valence-electron chi connectivity index (χ1n) is 7.59. The molecule has 25 heavy (non-hydrogen) atoms. The third kappa shape index (κ3) is 6.07. The molecule has 0 saturated carbocycles. The van der Waals surface area contributed by atoms with Crippen molar-refractivity contribution in [2.45, 2.75) is 19.1 Å². The van der Waals surface area contributed by atoms with Gasteiger partial charge in [-0.3, -0.25) is 9.59 Å². The molecule has 0 heterocycles. The summed E-state index contributed by atoms with van der Waals surface area (Å²) in [4.78, 5) is 24.0. The van der Waals surface area contributed by atoms with Crippen molar-refractivity contribution in [3.8, 4) is 0 Å².